The highest BCUT2D eigenvalue weighted by molar-refractivity contribution is 5.68. The van der Waals surface area contributed by atoms with Crippen LogP contribution in [0, 0.1) is 34.5 Å². The highest BCUT2D eigenvalue weighted by Gasteiger charge is 2.70. The van der Waals surface area contributed by atoms with E-state index in [1.807, 2.05) is 0 Å². The normalized spacial score (nSPS) is 45.7. The van der Waals surface area contributed by atoms with Gasteiger partial charge in [0.1, 0.15) is 18.3 Å². The van der Waals surface area contributed by atoms with Gasteiger partial charge in [-0.3, -0.25) is 14.4 Å². The minimum atomic E-state index is -0.641. The van der Waals surface area contributed by atoms with E-state index < -0.39 is 18.0 Å². The average Bonchev–Trinajstić information content (AvgIpc) is 3.38. The summed E-state index contributed by atoms with van der Waals surface area (Å²) in [7, 11) is 0. The van der Waals surface area contributed by atoms with Crippen molar-refractivity contribution in [3.63, 3.8) is 0 Å². The van der Waals surface area contributed by atoms with Gasteiger partial charge in [-0.1, -0.05) is 20.3 Å². The standard InChI is InChI=1S/C27H40O8/c1-15(28)33-21-13-18-19-7-6-8-26(19,5)24(35-17(3)30)23(34-16(2)29)22(18)25(4)9-10-27(14-20(21)25)31-11-12-32-27/h18-24H,6-14H2,1-5H3/t18-,19+,20-,21+,22+,23+,24-,25+,26-/m1/s1. The molecule has 0 unspecified atom stereocenters. The second-order valence-electron chi connectivity index (χ2n) is 12.1. The third-order valence-electron chi connectivity index (χ3n) is 10.2. The van der Waals surface area contributed by atoms with E-state index in [0.29, 0.717) is 32.0 Å². The maximum atomic E-state index is 12.4. The van der Waals surface area contributed by atoms with Gasteiger partial charge < -0.3 is 23.7 Å². The molecule has 1 heterocycles. The summed E-state index contributed by atoms with van der Waals surface area (Å²) in [5.41, 5.74) is -0.587. The van der Waals surface area contributed by atoms with E-state index in [0.717, 1.165) is 32.1 Å². The first-order valence-electron chi connectivity index (χ1n) is 13.3. The maximum Gasteiger partial charge on any atom is 0.303 e. The molecular weight excluding hydrogens is 452 g/mol. The van der Waals surface area contributed by atoms with Crippen molar-refractivity contribution in [3.8, 4) is 0 Å². The van der Waals surface area contributed by atoms with Crippen LogP contribution in [0.4, 0.5) is 0 Å². The minimum Gasteiger partial charge on any atom is -0.462 e. The Hall–Kier alpha value is -1.67. The summed E-state index contributed by atoms with van der Waals surface area (Å²) >= 11 is 0. The minimum absolute atomic E-state index is 0.0116. The number of ether oxygens (including phenoxy) is 5. The van der Waals surface area contributed by atoms with Crippen LogP contribution in [0.3, 0.4) is 0 Å². The van der Waals surface area contributed by atoms with Crippen molar-refractivity contribution >= 4 is 17.9 Å². The average molecular weight is 493 g/mol. The molecule has 5 aliphatic rings. The molecule has 1 saturated heterocycles. The Kier molecular flexibility index (Phi) is 6.23. The molecule has 35 heavy (non-hydrogen) atoms. The van der Waals surface area contributed by atoms with Crippen LogP contribution in [0.25, 0.3) is 0 Å². The van der Waals surface area contributed by atoms with Crippen molar-refractivity contribution in [2.45, 2.75) is 104 Å². The molecule has 5 rings (SSSR count). The second-order valence-corrected chi connectivity index (χ2v) is 12.1. The maximum absolute atomic E-state index is 12.4. The van der Waals surface area contributed by atoms with E-state index in [2.05, 4.69) is 13.8 Å². The van der Waals surface area contributed by atoms with Crippen molar-refractivity contribution in [3.05, 3.63) is 0 Å². The predicted molar refractivity (Wildman–Crippen MR) is 124 cm³/mol. The molecular formula is C27H40O8. The molecule has 0 aromatic carbocycles. The van der Waals surface area contributed by atoms with Crippen molar-refractivity contribution in [2.75, 3.05) is 13.2 Å². The topological polar surface area (TPSA) is 97.4 Å². The van der Waals surface area contributed by atoms with Gasteiger partial charge in [-0.25, -0.2) is 0 Å². The Labute approximate surface area is 207 Å². The molecule has 8 nitrogen and oxygen atoms in total. The van der Waals surface area contributed by atoms with E-state index in [1.165, 1.54) is 20.8 Å². The van der Waals surface area contributed by atoms with Crippen LogP contribution in [0.1, 0.15) is 79.6 Å². The third kappa shape index (κ3) is 3.99. The van der Waals surface area contributed by atoms with Gasteiger partial charge in [0.15, 0.2) is 5.79 Å². The van der Waals surface area contributed by atoms with Gasteiger partial charge >= 0.3 is 17.9 Å². The summed E-state index contributed by atoms with van der Waals surface area (Å²) in [5.74, 6) is -1.14. The molecule has 1 spiro atoms. The monoisotopic (exact) mass is 492 g/mol. The van der Waals surface area contributed by atoms with Crippen LogP contribution in [0.15, 0.2) is 0 Å². The van der Waals surface area contributed by atoms with Gasteiger partial charge in [0.25, 0.3) is 0 Å². The van der Waals surface area contributed by atoms with Crippen molar-refractivity contribution < 1.29 is 38.1 Å². The number of rotatable bonds is 3. The number of esters is 3. The van der Waals surface area contributed by atoms with Crippen molar-refractivity contribution in [1.29, 1.82) is 0 Å². The van der Waals surface area contributed by atoms with Crippen LogP contribution in [-0.4, -0.2) is 55.2 Å². The number of carbonyl (C=O) groups is 3. The fraction of sp³-hybridized carbons (Fsp3) is 0.889. The zero-order chi connectivity index (χ0) is 25.2. The Morgan fingerprint density at radius 3 is 2.09 bits per heavy atom. The van der Waals surface area contributed by atoms with Gasteiger partial charge in [0, 0.05) is 50.9 Å². The largest absolute Gasteiger partial charge is 0.462 e. The van der Waals surface area contributed by atoms with Crippen LogP contribution in [0.2, 0.25) is 0 Å². The molecule has 4 aliphatic carbocycles. The predicted octanol–water partition coefficient (Wildman–Crippen LogP) is 3.79. The molecule has 0 amide bonds. The summed E-state index contributed by atoms with van der Waals surface area (Å²) in [6.45, 7) is 9.93. The molecule has 0 N–H and O–H groups in total. The molecule has 196 valence electrons. The van der Waals surface area contributed by atoms with Crippen LogP contribution >= 0.6 is 0 Å². The van der Waals surface area contributed by atoms with Gasteiger partial charge in [0.05, 0.1) is 13.2 Å². The van der Waals surface area contributed by atoms with Gasteiger partial charge in [-0.15, -0.1) is 0 Å². The van der Waals surface area contributed by atoms with E-state index in [1.54, 1.807) is 0 Å². The Morgan fingerprint density at radius 2 is 1.46 bits per heavy atom. The lowest BCUT2D eigenvalue weighted by Gasteiger charge is -2.65. The van der Waals surface area contributed by atoms with Gasteiger partial charge in [0.2, 0.25) is 0 Å². The van der Waals surface area contributed by atoms with Gasteiger partial charge in [-0.2, -0.15) is 0 Å². The van der Waals surface area contributed by atoms with Crippen molar-refractivity contribution in [1.82, 2.24) is 0 Å². The summed E-state index contributed by atoms with van der Waals surface area (Å²) in [6, 6.07) is 0. The number of hydrogen-bond acceptors (Lipinski definition) is 8. The fourth-order valence-corrected chi connectivity index (χ4v) is 9.03. The molecule has 5 fully saturated rings. The zero-order valence-corrected chi connectivity index (χ0v) is 21.7. The van der Waals surface area contributed by atoms with E-state index >= 15 is 0 Å². The first kappa shape index (κ1) is 25.0. The number of hydrogen-bond donors (Lipinski definition) is 0. The summed E-state index contributed by atoms with van der Waals surface area (Å²) in [6.07, 6.45) is 4.60. The third-order valence-corrected chi connectivity index (χ3v) is 10.2. The fourth-order valence-electron chi connectivity index (χ4n) is 9.03. The summed E-state index contributed by atoms with van der Waals surface area (Å²) in [5, 5.41) is 0. The smallest absolute Gasteiger partial charge is 0.303 e. The second kappa shape index (κ2) is 8.72. The van der Waals surface area contributed by atoms with Crippen molar-refractivity contribution in [2.24, 2.45) is 34.5 Å². The molecule has 0 radical (unpaired) electrons. The van der Waals surface area contributed by atoms with E-state index in [-0.39, 0.29) is 52.6 Å². The SMILES string of the molecule is CC(=O)O[C@H]1[C@@H]2[C@H](C[C@H](OC(C)=O)[C@H]3CC4(CC[C@]23C)OCCO4)[C@@H]2CCC[C@@]2(C)[C@@H]1OC(C)=O. The zero-order valence-electron chi connectivity index (χ0n) is 21.7. The number of fused-ring (bicyclic) bond motifs is 5. The molecule has 0 aromatic heterocycles. The Balaban J connectivity index is 1.60. The first-order valence-corrected chi connectivity index (χ1v) is 13.3. The van der Waals surface area contributed by atoms with E-state index in [9.17, 15) is 14.4 Å². The molecule has 0 aromatic rings. The van der Waals surface area contributed by atoms with Crippen LogP contribution in [0.5, 0.6) is 0 Å². The van der Waals surface area contributed by atoms with Gasteiger partial charge in [-0.05, 0) is 42.9 Å². The lowest BCUT2D eigenvalue weighted by Crippen LogP contribution is -2.68. The molecule has 1 aliphatic heterocycles. The lowest BCUT2D eigenvalue weighted by atomic mass is 9.43. The first-order chi connectivity index (χ1) is 16.5. The number of carbonyl (C=O) groups excluding carboxylic acids is 3. The summed E-state index contributed by atoms with van der Waals surface area (Å²) < 4.78 is 30.4. The molecule has 0 bridgehead atoms. The summed E-state index contributed by atoms with van der Waals surface area (Å²) in [4.78, 5) is 36.9. The Morgan fingerprint density at radius 1 is 0.800 bits per heavy atom. The van der Waals surface area contributed by atoms with Crippen LogP contribution < -0.4 is 0 Å². The quantitative estimate of drug-likeness (QED) is 0.434. The van der Waals surface area contributed by atoms with E-state index in [4.69, 9.17) is 23.7 Å². The van der Waals surface area contributed by atoms with Crippen LogP contribution in [-0.2, 0) is 38.1 Å². The Bertz CT molecular complexity index is 880. The molecule has 8 heteroatoms. The lowest BCUT2D eigenvalue weighted by molar-refractivity contribution is -0.281. The highest BCUT2D eigenvalue weighted by atomic mass is 16.7. The molecule has 4 saturated carbocycles. The molecule has 9 atom stereocenters. The highest BCUT2D eigenvalue weighted by Crippen LogP contribution is 2.68.